The third-order valence-corrected chi connectivity index (χ3v) is 4.59. The largest absolute Gasteiger partial charge is 2.00 e. The summed E-state index contributed by atoms with van der Waals surface area (Å²) in [6.07, 6.45) is 5.69. The van der Waals surface area contributed by atoms with Crippen LogP contribution < -0.4 is 16.0 Å². The van der Waals surface area contributed by atoms with Crippen LogP contribution in [0.5, 0.6) is 0 Å². The molecule has 0 aliphatic heterocycles. The van der Waals surface area contributed by atoms with Crippen LogP contribution in [0.3, 0.4) is 0 Å². The molecule has 35 heavy (non-hydrogen) atoms. The second kappa shape index (κ2) is 17.6. The van der Waals surface area contributed by atoms with Gasteiger partial charge in [0.05, 0.1) is 5.71 Å². The van der Waals surface area contributed by atoms with Crippen molar-refractivity contribution in [2.75, 3.05) is 39.5 Å². The fraction of sp³-hybridized carbons (Fsp3) is 0.259. The number of aliphatic imine (C=N–C) groups is 1. The molecule has 180 valence electrons. The maximum atomic E-state index is 11.8. The first kappa shape index (κ1) is 30.2. The molecule has 1 heterocycles. The van der Waals surface area contributed by atoms with E-state index in [0.29, 0.717) is 18.9 Å². The molecule has 0 atom stereocenters. The molecule has 0 aliphatic carbocycles. The Morgan fingerprint density at radius 3 is 2.43 bits per heavy atom. The fourth-order valence-corrected chi connectivity index (χ4v) is 2.94. The number of benzene rings is 2. The monoisotopic (exact) mass is 695 g/mol. The van der Waals surface area contributed by atoms with Crippen molar-refractivity contribution in [1.82, 2.24) is 15.2 Å². The molecule has 0 spiro atoms. The van der Waals surface area contributed by atoms with E-state index in [1.54, 1.807) is 12.4 Å². The van der Waals surface area contributed by atoms with Gasteiger partial charge in [-0.2, -0.15) is 66.7 Å². The van der Waals surface area contributed by atoms with Gasteiger partial charge in [0.25, 0.3) is 0 Å². The Kier molecular flexibility index (Phi) is 15.2. The molecule has 1 aromatic heterocycles. The van der Waals surface area contributed by atoms with Gasteiger partial charge in [0, 0.05) is 25.7 Å². The van der Waals surface area contributed by atoms with Crippen LogP contribution in [-0.4, -0.2) is 55.2 Å². The number of aromatic nitrogens is 2. The predicted molar refractivity (Wildman–Crippen MR) is 136 cm³/mol. The van der Waals surface area contributed by atoms with Gasteiger partial charge in [0.15, 0.2) is 0 Å². The minimum Gasteiger partial charge on any atom is -0.352 e. The number of nitrogens with two attached hydrogens (primary N) is 1. The second-order valence-electron chi connectivity index (χ2n) is 7.68. The number of carbonyl (C=O) groups is 1. The molecular formula is C27H33N6OU+. The quantitative estimate of drug-likeness (QED) is 0.156. The number of H-pyrrole nitrogens is 1. The first-order valence-corrected chi connectivity index (χ1v) is 11.1. The number of nitrogens with one attached hydrogen (secondary N) is 2. The van der Waals surface area contributed by atoms with E-state index in [-0.39, 0.29) is 37.0 Å². The molecule has 0 fully saturated rings. The van der Waals surface area contributed by atoms with Crippen molar-refractivity contribution < 1.29 is 40.9 Å². The molecule has 4 N–H and O–H groups in total. The maximum absolute atomic E-state index is 11.8. The number of nitrogen functional groups attached to an aromatic ring is 1. The van der Waals surface area contributed by atoms with Crippen LogP contribution in [0.1, 0.15) is 23.2 Å². The smallest absolute Gasteiger partial charge is 0.352 e. The normalized spacial score (nSPS) is 10.9. The van der Waals surface area contributed by atoms with E-state index in [2.05, 4.69) is 27.4 Å². The molecule has 0 saturated heterocycles. The minimum absolute atomic E-state index is 0. The molecule has 0 aliphatic rings. The number of aryl methyl sites for hydroxylation is 1. The van der Waals surface area contributed by atoms with Crippen LogP contribution in [0.2, 0.25) is 0 Å². The Morgan fingerprint density at radius 2 is 1.86 bits per heavy atom. The third-order valence-electron chi connectivity index (χ3n) is 4.59. The zero-order chi connectivity index (χ0) is 24.6. The fourth-order valence-electron chi connectivity index (χ4n) is 2.94. The summed E-state index contributed by atoms with van der Waals surface area (Å²) in [5.74, 6) is 0.435. The van der Waals surface area contributed by atoms with Crippen molar-refractivity contribution in [1.29, 1.82) is 0 Å². The molecule has 1 amide bonds. The molecule has 3 rings (SSSR count). The summed E-state index contributed by atoms with van der Waals surface area (Å²) in [4.78, 5) is 25.8. The average molecular weight is 696 g/mol. The number of rotatable bonds is 9. The number of carbonyl (C=O) groups excluding carboxylic acids is 1. The van der Waals surface area contributed by atoms with Crippen LogP contribution in [0.15, 0.2) is 78.1 Å². The van der Waals surface area contributed by atoms with Gasteiger partial charge >= 0.3 is 31.1 Å². The number of hydrogen-bond donors (Lipinski definition) is 2. The summed E-state index contributed by atoms with van der Waals surface area (Å²) in [5, 5.41) is 2.87. The number of hydrogen-bond acceptors (Lipinski definition) is 5. The predicted octanol–water partition coefficient (Wildman–Crippen LogP) is 2.53. The molecule has 0 radical (unpaired) electrons. The number of nitrogens with zero attached hydrogens (tertiary/aromatic N) is 3. The molecule has 0 saturated carbocycles. The van der Waals surface area contributed by atoms with Crippen LogP contribution in [0.4, 0.5) is 5.82 Å². The molecule has 8 heteroatoms. The Balaban J connectivity index is 0.000000761. The van der Waals surface area contributed by atoms with Gasteiger partial charge in [0.1, 0.15) is 11.3 Å². The summed E-state index contributed by atoms with van der Waals surface area (Å²) in [5.41, 5.74) is 9.48. The number of amides is 1. The first-order valence-electron chi connectivity index (χ1n) is 11.1. The minimum atomic E-state index is -0.0911. The molecule has 3 aromatic rings. The van der Waals surface area contributed by atoms with Gasteiger partial charge in [-0.05, 0) is 27.4 Å². The van der Waals surface area contributed by atoms with Crippen LogP contribution >= 0.6 is 0 Å². The van der Waals surface area contributed by atoms with Gasteiger partial charge in [-0.1, -0.05) is 6.08 Å². The summed E-state index contributed by atoms with van der Waals surface area (Å²) in [6, 6.07) is 23.1. The van der Waals surface area contributed by atoms with E-state index in [1.165, 1.54) is 0 Å². The Hall–Kier alpha value is -2.79. The van der Waals surface area contributed by atoms with Crippen molar-refractivity contribution in [3.05, 3.63) is 102 Å². The topological polar surface area (TPSA) is 97.7 Å². The first-order chi connectivity index (χ1) is 16.5. The van der Waals surface area contributed by atoms with Crippen LogP contribution in [-0.2, 0) is 4.79 Å². The maximum Gasteiger partial charge on any atom is 2.00 e. The number of anilines is 1. The molecule has 0 unspecified atom stereocenters. The van der Waals surface area contributed by atoms with Crippen molar-refractivity contribution in [2.45, 2.75) is 13.3 Å². The molecule has 0 bridgehead atoms. The zero-order valence-electron chi connectivity index (χ0n) is 20.6. The van der Waals surface area contributed by atoms with Crippen molar-refractivity contribution in [2.24, 2.45) is 4.99 Å². The summed E-state index contributed by atoms with van der Waals surface area (Å²) in [6.45, 7) is 3.75. The summed E-state index contributed by atoms with van der Waals surface area (Å²) in [7, 11) is 3.91. The number of aromatic amines is 1. The number of likely N-dealkylation sites (N-methyl/N-ethyl adjacent to an activating group) is 1. The summed E-state index contributed by atoms with van der Waals surface area (Å²) < 4.78 is 0. The Morgan fingerprint density at radius 1 is 1.17 bits per heavy atom. The SMILES string of the molecule is Cc1nc[nH+]c(N)c1C(=NCCCNC(=O)C=CCN(C)C)c1cc[c-]cc1.[U+2].[c-]1ccccc1. The van der Waals surface area contributed by atoms with E-state index < -0.39 is 0 Å². The average Bonchev–Trinajstić information content (AvgIpc) is 2.84. The third kappa shape index (κ3) is 11.9. The van der Waals surface area contributed by atoms with E-state index in [1.807, 2.05) is 86.6 Å². The van der Waals surface area contributed by atoms with Crippen LogP contribution in [0.25, 0.3) is 0 Å². The molecule has 2 aromatic carbocycles. The van der Waals surface area contributed by atoms with E-state index in [0.717, 1.165) is 35.5 Å². The van der Waals surface area contributed by atoms with E-state index in [9.17, 15) is 4.79 Å². The second-order valence-corrected chi connectivity index (χ2v) is 7.68. The van der Waals surface area contributed by atoms with E-state index >= 15 is 0 Å². The van der Waals surface area contributed by atoms with Crippen molar-refractivity contribution >= 4 is 17.4 Å². The van der Waals surface area contributed by atoms with E-state index in [4.69, 9.17) is 10.7 Å². The zero-order valence-corrected chi connectivity index (χ0v) is 24.7. The summed E-state index contributed by atoms with van der Waals surface area (Å²) >= 11 is 0. The molecular weight excluding hydrogens is 662 g/mol. The van der Waals surface area contributed by atoms with Crippen molar-refractivity contribution in [3.63, 3.8) is 0 Å². The Labute approximate surface area is 232 Å². The van der Waals surface area contributed by atoms with Gasteiger partial charge in [-0.15, -0.1) is 10.5 Å². The van der Waals surface area contributed by atoms with Crippen LogP contribution in [0, 0.1) is 50.2 Å². The van der Waals surface area contributed by atoms with Gasteiger partial charge in [-0.25, -0.2) is 4.98 Å². The van der Waals surface area contributed by atoms with Gasteiger partial charge in [-0.3, -0.25) is 9.79 Å². The van der Waals surface area contributed by atoms with Crippen molar-refractivity contribution in [3.8, 4) is 0 Å². The Bertz CT molecular complexity index is 1010. The van der Waals surface area contributed by atoms with Gasteiger partial charge in [0.2, 0.25) is 18.1 Å². The standard InChI is InChI=1S/C21H27N6O.C6H5.U/c1-16-19(21(22)26-15-25-16)20(17-9-5-4-6-10-17)24-13-8-12-23-18(28)11-7-14-27(2)3;1-2-4-6-5-3-1;/h5-7,9-11,15H,8,12-14H2,1-3H3,(H,23,28)(H2,22,25,26);1-5H;/q2*-1;+2/p+1. The van der Waals surface area contributed by atoms with Gasteiger partial charge < -0.3 is 16.0 Å². The molecule has 7 nitrogen and oxygen atoms in total.